The number of benzene rings is 3. The molecule has 0 bridgehead atoms. The molecule has 11 amide bonds. The van der Waals surface area contributed by atoms with Crippen molar-refractivity contribution >= 4 is 93.3 Å². The molecule has 4 unspecified atom stereocenters. The highest BCUT2D eigenvalue weighted by atomic mass is 28.4. The van der Waals surface area contributed by atoms with Crippen LogP contribution in [0.2, 0.25) is 36.3 Å². The molecule has 3 aliphatic heterocycles. The number of primary amides is 1. The number of carboxylic acid groups (broad SMARTS) is 1. The zero-order valence-electron chi connectivity index (χ0n) is 63.5. The smallest absolute Gasteiger partial charge is 0.411 e. The second-order valence-corrected chi connectivity index (χ2v) is 39.8. The van der Waals surface area contributed by atoms with E-state index < -0.39 is 76.5 Å². The van der Waals surface area contributed by atoms with Gasteiger partial charge in [-0.2, -0.15) is 0 Å². The molecule has 0 aromatic heterocycles. The fourth-order valence-electron chi connectivity index (χ4n) is 11.4. The predicted octanol–water partition coefficient (Wildman–Crippen LogP) is 11.3. The maximum absolute atomic E-state index is 14.9. The highest BCUT2D eigenvalue weighted by Gasteiger charge is 2.43. The quantitative estimate of drug-likeness (QED) is 0.0114. The first-order valence-electron chi connectivity index (χ1n) is 35.8. The van der Waals surface area contributed by atoms with E-state index in [1.165, 1.54) is 50.6 Å². The Morgan fingerprint density at radius 2 is 1.13 bits per heavy atom. The highest BCUT2D eigenvalue weighted by molar-refractivity contribution is 6.74. The van der Waals surface area contributed by atoms with Crippen LogP contribution in [-0.4, -0.2) is 187 Å². The average Bonchev–Trinajstić information content (AvgIpc) is 1.76. The zero-order chi connectivity index (χ0) is 77.7. The van der Waals surface area contributed by atoms with Crippen molar-refractivity contribution in [3.63, 3.8) is 0 Å². The molecule has 28 nitrogen and oxygen atoms in total. The lowest BCUT2D eigenvalue weighted by Crippen LogP contribution is -2.54. The Kier molecular flexibility index (Phi) is 30.8. The molecule has 3 aromatic carbocycles. The second kappa shape index (κ2) is 38.1. The Bertz CT molecular complexity index is 3660. The molecule has 2 fully saturated rings. The lowest BCUT2D eigenvalue weighted by atomic mass is 10.0. The molecule has 2 saturated heterocycles. The number of rotatable bonds is 38. The maximum Gasteiger partial charge on any atom is 0.411 e. The fourth-order valence-corrected chi connectivity index (χ4v) is 13.5. The number of methoxy groups -OCH3 is 2. The van der Waals surface area contributed by atoms with E-state index in [1.54, 1.807) is 47.9 Å². The molecule has 3 aliphatic rings. The van der Waals surface area contributed by atoms with Gasteiger partial charge in [0.15, 0.2) is 39.6 Å². The van der Waals surface area contributed by atoms with Crippen molar-refractivity contribution in [3.05, 3.63) is 102 Å². The van der Waals surface area contributed by atoms with Gasteiger partial charge >= 0.3 is 18.2 Å². The summed E-state index contributed by atoms with van der Waals surface area (Å²) in [5.41, 5.74) is 8.08. The summed E-state index contributed by atoms with van der Waals surface area (Å²) in [5.74, 6) is -2.67. The van der Waals surface area contributed by atoms with Gasteiger partial charge in [0, 0.05) is 62.6 Å². The van der Waals surface area contributed by atoms with Crippen LogP contribution in [0.4, 0.5) is 31.4 Å². The van der Waals surface area contributed by atoms with Gasteiger partial charge in [0.2, 0.25) is 17.7 Å². The molecule has 576 valence electrons. The van der Waals surface area contributed by atoms with Gasteiger partial charge in [0.25, 0.3) is 23.6 Å². The van der Waals surface area contributed by atoms with Crippen molar-refractivity contribution in [2.45, 2.75) is 193 Å². The Hall–Kier alpha value is -9.27. The number of imide groups is 1. The Morgan fingerprint density at radius 1 is 0.638 bits per heavy atom. The standard InChI is InChI=1S/C75H110N10O18Si2/c1-47(2)66(82-63(86)25-19-17-20-33-83-64(87)30-31-65(83)88)68(90)79-56(24-23-32-77-71(76)93)67(89)78-51-28-26-50(27-29-51)44-101-73(96)81-58-41-62(60(98-12)39-55(58)70(92)85-43-49(4)37-53(85)46-103-105(15,16)75(8,9)10)100-35-22-18-21-34-99-61-40-57(80-72(94)95)54(38-59(61)97-11)69(91)84-42-48(3)36-52(84)45-102-104(13,14)74(5,6)7/h26-31,38-41,47,52-53,56,66,80H,3-4,17-25,32-37,42-46H2,1-2,5-16H3,(H,78,89)(H,79,90)(H,81,96)(H,82,86)(H,94,95)(H3,76,77,93). The van der Waals surface area contributed by atoms with Gasteiger partial charge in [-0.15, -0.1) is 0 Å². The second-order valence-electron chi connectivity index (χ2n) is 30.2. The summed E-state index contributed by atoms with van der Waals surface area (Å²) in [4.78, 5) is 136. The van der Waals surface area contributed by atoms with Crippen LogP contribution in [0.5, 0.6) is 23.0 Å². The minimum Gasteiger partial charge on any atom is -0.493 e. The van der Waals surface area contributed by atoms with Gasteiger partial charge < -0.3 is 74.4 Å². The number of nitrogens with zero attached hydrogens (tertiary/aromatic N) is 3. The van der Waals surface area contributed by atoms with Gasteiger partial charge in [-0.05, 0) is 130 Å². The first-order valence-corrected chi connectivity index (χ1v) is 41.6. The molecular formula is C75H110N10O18Si2. The van der Waals surface area contributed by atoms with E-state index in [0.29, 0.717) is 69.2 Å². The van der Waals surface area contributed by atoms with E-state index in [4.69, 9.17) is 38.3 Å². The van der Waals surface area contributed by atoms with E-state index in [2.05, 4.69) is 113 Å². The number of unbranched alkanes of at least 4 members (excludes halogenated alkanes) is 4. The van der Waals surface area contributed by atoms with Crippen LogP contribution < -0.4 is 56.6 Å². The number of nitrogens with two attached hydrogens (primary N) is 1. The molecule has 30 heteroatoms. The molecular weight excluding hydrogens is 1390 g/mol. The van der Waals surface area contributed by atoms with Crippen LogP contribution in [0.3, 0.4) is 0 Å². The maximum atomic E-state index is 14.9. The summed E-state index contributed by atoms with van der Waals surface area (Å²) in [6.07, 6.45) is 4.73. The van der Waals surface area contributed by atoms with E-state index in [1.807, 2.05) is 0 Å². The normalized spacial score (nSPS) is 16.0. The van der Waals surface area contributed by atoms with Crippen LogP contribution in [-0.2, 0) is 44.2 Å². The third-order valence-corrected chi connectivity index (χ3v) is 28.6. The summed E-state index contributed by atoms with van der Waals surface area (Å²) in [7, 11) is -1.54. The Balaban J connectivity index is 1.11. The molecule has 9 N–H and O–H groups in total. The number of amides is 11. The molecule has 3 aromatic rings. The number of carbonyl (C=O) groups is 10. The van der Waals surface area contributed by atoms with E-state index in [0.717, 1.165) is 16.0 Å². The number of carbonyl (C=O) groups excluding carboxylic acids is 9. The summed E-state index contributed by atoms with van der Waals surface area (Å²) in [6.45, 7) is 34.9. The van der Waals surface area contributed by atoms with E-state index in [-0.39, 0.29) is 157 Å². The van der Waals surface area contributed by atoms with Crippen molar-refractivity contribution in [3.8, 4) is 23.0 Å². The summed E-state index contributed by atoms with van der Waals surface area (Å²) < 4.78 is 42.9. The Morgan fingerprint density at radius 3 is 1.60 bits per heavy atom. The van der Waals surface area contributed by atoms with Crippen LogP contribution in [0.25, 0.3) is 0 Å². The van der Waals surface area contributed by atoms with Gasteiger partial charge in [0.1, 0.15) is 18.7 Å². The molecule has 105 heavy (non-hydrogen) atoms. The lowest BCUT2D eigenvalue weighted by molar-refractivity contribution is -0.137. The Labute approximate surface area is 618 Å². The summed E-state index contributed by atoms with van der Waals surface area (Å²) >= 11 is 0. The number of hydrogen-bond acceptors (Lipinski definition) is 17. The number of likely N-dealkylation sites (tertiary alicyclic amines) is 2. The zero-order valence-corrected chi connectivity index (χ0v) is 65.5. The molecule has 4 atom stereocenters. The van der Waals surface area contributed by atoms with Gasteiger partial charge in [-0.25, -0.2) is 14.4 Å². The van der Waals surface area contributed by atoms with Crippen molar-refractivity contribution in [1.29, 1.82) is 0 Å². The molecule has 6 rings (SSSR count). The van der Waals surface area contributed by atoms with Crippen molar-refractivity contribution < 1.29 is 85.6 Å². The minimum atomic E-state index is -2.25. The first kappa shape index (κ1) is 84.7. The van der Waals surface area contributed by atoms with Crippen LogP contribution in [0.1, 0.15) is 152 Å². The molecule has 3 heterocycles. The number of nitrogens with one attached hydrogen (secondary N) is 6. The predicted molar refractivity (Wildman–Crippen MR) is 405 cm³/mol. The molecule has 0 aliphatic carbocycles. The highest BCUT2D eigenvalue weighted by Crippen LogP contribution is 2.42. The van der Waals surface area contributed by atoms with Crippen LogP contribution >= 0.6 is 0 Å². The monoisotopic (exact) mass is 1490 g/mol. The average molecular weight is 1500 g/mol. The topological polar surface area (TPSA) is 363 Å². The summed E-state index contributed by atoms with van der Waals surface area (Å²) in [5, 5.41) is 25.7. The number of anilines is 3. The molecule has 0 spiro atoms. The first-order chi connectivity index (χ1) is 49.3. The third kappa shape index (κ3) is 24.7. The lowest BCUT2D eigenvalue weighted by Gasteiger charge is -2.38. The van der Waals surface area contributed by atoms with Crippen molar-refractivity contribution in [2.75, 3.05) is 82.8 Å². The van der Waals surface area contributed by atoms with Crippen molar-refractivity contribution in [1.82, 2.24) is 30.7 Å². The molecule has 0 radical (unpaired) electrons. The SMILES string of the molecule is C=C1CC(CO[Si](C)(C)C(C)(C)C)N(C(=O)c2cc(OC)c(OCCCCCOc3cc(NC(=O)OCc4ccc(NC(=O)C(CCCNC(N)=O)NC(=O)C(NC(=O)CCCCCN5C(=O)C=CC5=O)C(C)C)cc4)c(C(=O)N4CC(=C)CC4CO[Si](C)(C)C(C)(C)C)cc3OC)cc2NC(=O)O)C1. The van der Waals surface area contributed by atoms with Gasteiger partial charge in [-0.1, -0.05) is 98.2 Å². The minimum absolute atomic E-state index is 0.0273. The third-order valence-electron chi connectivity index (χ3n) is 19.6. The van der Waals surface area contributed by atoms with E-state index in [9.17, 15) is 53.1 Å². The molecule has 0 saturated carbocycles. The number of ether oxygens (including phenoxy) is 5. The summed E-state index contributed by atoms with van der Waals surface area (Å²) in [6, 6.07) is 8.79. The van der Waals surface area contributed by atoms with Crippen molar-refractivity contribution in [2.24, 2.45) is 11.7 Å². The number of hydrogen-bond donors (Lipinski definition) is 8. The number of urea groups is 1. The largest absolute Gasteiger partial charge is 0.493 e. The van der Waals surface area contributed by atoms with Crippen LogP contribution in [0.15, 0.2) is 85.0 Å². The van der Waals surface area contributed by atoms with Gasteiger partial charge in [0.05, 0.1) is 75.2 Å². The van der Waals surface area contributed by atoms with E-state index >= 15 is 0 Å². The van der Waals surface area contributed by atoms with Crippen LogP contribution in [0, 0.1) is 5.92 Å². The fraction of sp³-hybridized carbons (Fsp3) is 0.547. The van der Waals surface area contributed by atoms with Gasteiger partial charge in [-0.3, -0.25) is 49.1 Å².